The average Bonchev–Trinajstić information content (AvgIpc) is 2.96. The first-order valence-electron chi connectivity index (χ1n) is 7.20. The minimum absolute atomic E-state index is 0. The number of aryl methyl sites for hydroxylation is 2. The Morgan fingerprint density at radius 3 is 2.79 bits per heavy atom. The van der Waals surface area contributed by atoms with Crippen molar-refractivity contribution in [2.24, 2.45) is 0 Å². The van der Waals surface area contributed by atoms with Crippen molar-refractivity contribution >= 4 is 36.4 Å². The number of hydrogen-bond acceptors (Lipinski definition) is 5. The van der Waals surface area contributed by atoms with Crippen molar-refractivity contribution in [2.75, 3.05) is 25.4 Å². The molecule has 132 valence electrons. The van der Waals surface area contributed by atoms with E-state index in [4.69, 9.17) is 10.5 Å². The fraction of sp³-hybridized carbons (Fsp3) is 0.400. The third-order valence-corrected chi connectivity index (χ3v) is 3.75. The molecule has 9 heteroatoms. The fourth-order valence-electron chi connectivity index (χ4n) is 2.53. The molecule has 1 aromatic heterocycles. The lowest BCUT2D eigenvalue weighted by Gasteiger charge is -2.32. The number of halogens is 2. The molecule has 2 aromatic rings. The van der Waals surface area contributed by atoms with Crippen molar-refractivity contribution in [3.8, 4) is 0 Å². The Morgan fingerprint density at radius 1 is 1.38 bits per heavy atom. The second-order valence-electron chi connectivity index (χ2n) is 5.46. The lowest BCUT2D eigenvalue weighted by molar-refractivity contribution is -0.0267. The highest BCUT2D eigenvalue weighted by atomic mass is 35.5. The van der Waals surface area contributed by atoms with Gasteiger partial charge in [-0.05, 0) is 31.5 Å². The first-order chi connectivity index (χ1) is 10.5. The molecule has 3 N–H and O–H groups in total. The molecule has 0 spiro atoms. The van der Waals surface area contributed by atoms with Gasteiger partial charge in [-0.1, -0.05) is 6.07 Å². The van der Waals surface area contributed by atoms with Gasteiger partial charge in [-0.3, -0.25) is 9.89 Å². The van der Waals surface area contributed by atoms with Gasteiger partial charge in [-0.25, -0.2) is 4.98 Å². The third-order valence-electron chi connectivity index (χ3n) is 3.75. The molecular weight excluding hydrogens is 353 g/mol. The number of carbonyl (C=O) groups excluding carboxylic acids is 1. The van der Waals surface area contributed by atoms with Crippen LogP contribution in [-0.4, -0.2) is 45.7 Å². The number of hydrogen-bond donors (Lipinski definition) is 2. The topological polar surface area (TPSA) is 97.1 Å². The van der Waals surface area contributed by atoms with E-state index >= 15 is 0 Å². The zero-order valence-corrected chi connectivity index (χ0v) is 15.1. The normalized spacial score (nSPS) is 16.9. The van der Waals surface area contributed by atoms with Crippen LogP contribution in [0.25, 0.3) is 0 Å². The van der Waals surface area contributed by atoms with E-state index in [1.165, 1.54) is 0 Å². The molecule has 7 nitrogen and oxygen atoms in total. The van der Waals surface area contributed by atoms with Gasteiger partial charge in [0, 0.05) is 17.8 Å². The van der Waals surface area contributed by atoms with Gasteiger partial charge >= 0.3 is 0 Å². The second-order valence-corrected chi connectivity index (χ2v) is 5.46. The van der Waals surface area contributed by atoms with Gasteiger partial charge in [0.05, 0.1) is 13.2 Å². The maximum Gasteiger partial charge on any atom is 0.254 e. The fourth-order valence-corrected chi connectivity index (χ4v) is 2.53. The van der Waals surface area contributed by atoms with Crippen LogP contribution in [0.3, 0.4) is 0 Å². The molecule has 0 radical (unpaired) electrons. The zero-order chi connectivity index (χ0) is 15.7. The molecule has 0 bridgehead atoms. The van der Waals surface area contributed by atoms with Gasteiger partial charge in [0.1, 0.15) is 11.9 Å². The smallest absolute Gasteiger partial charge is 0.254 e. The summed E-state index contributed by atoms with van der Waals surface area (Å²) in [5.74, 6) is 1.28. The Bertz CT molecular complexity index is 707. The molecule has 2 heterocycles. The van der Waals surface area contributed by atoms with E-state index in [2.05, 4.69) is 15.2 Å². The van der Waals surface area contributed by atoms with E-state index in [0.29, 0.717) is 36.8 Å². The Hall–Kier alpha value is -1.83. The largest absolute Gasteiger partial charge is 0.399 e. The summed E-state index contributed by atoms with van der Waals surface area (Å²) < 4.78 is 5.68. The third kappa shape index (κ3) is 4.17. The summed E-state index contributed by atoms with van der Waals surface area (Å²) in [5, 5.41) is 6.92. The highest BCUT2D eigenvalue weighted by Crippen LogP contribution is 2.22. The molecule has 1 aliphatic rings. The summed E-state index contributed by atoms with van der Waals surface area (Å²) in [6.07, 6.45) is -0.302. The van der Waals surface area contributed by atoms with Gasteiger partial charge in [-0.15, -0.1) is 24.8 Å². The van der Waals surface area contributed by atoms with Crippen molar-refractivity contribution in [2.45, 2.75) is 20.0 Å². The number of aromatic nitrogens is 3. The quantitative estimate of drug-likeness (QED) is 0.785. The van der Waals surface area contributed by atoms with Crippen LogP contribution in [0.5, 0.6) is 0 Å². The van der Waals surface area contributed by atoms with Crippen molar-refractivity contribution in [3.63, 3.8) is 0 Å². The number of nitrogens with zero attached hydrogens (tertiary/aromatic N) is 3. The SMILES string of the molecule is Cc1nc(C2CN(C(=O)c3cc(N)ccc3C)CCO2)n[nH]1.Cl.Cl. The van der Waals surface area contributed by atoms with Crippen LogP contribution in [0.2, 0.25) is 0 Å². The lowest BCUT2D eigenvalue weighted by atomic mass is 10.1. The van der Waals surface area contributed by atoms with Crippen LogP contribution in [-0.2, 0) is 4.74 Å². The van der Waals surface area contributed by atoms with Gasteiger partial charge < -0.3 is 15.4 Å². The Balaban J connectivity index is 0.00000144. The second kappa shape index (κ2) is 8.32. The summed E-state index contributed by atoms with van der Waals surface area (Å²) in [4.78, 5) is 18.8. The summed E-state index contributed by atoms with van der Waals surface area (Å²) in [5.41, 5.74) is 7.93. The number of carbonyl (C=O) groups is 1. The summed E-state index contributed by atoms with van der Waals surface area (Å²) in [6, 6.07) is 5.38. The van der Waals surface area contributed by atoms with E-state index in [0.717, 1.165) is 11.4 Å². The molecular formula is C15H21Cl2N5O2. The average molecular weight is 374 g/mol. The standard InChI is InChI=1S/C15H19N5O2.2ClH/c1-9-3-4-11(16)7-12(9)15(21)20-5-6-22-13(8-20)14-17-10(2)18-19-14;;/h3-4,7,13H,5-6,8,16H2,1-2H3,(H,17,18,19);2*1H. The van der Waals surface area contributed by atoms with E-state index in [1.807, 2.05) is 19.9 Å². The Morgan fingerprint density at radius 2 is 2.12 bits per heavy atom. The number of ether oxygens (including phenoxy) is 1. The van der Waals surface area contributed by atoms with Crippen molar-refractivity contribution in [1.82, 2.24) is 20.1 Å². The lowest BCUT2D eigenvalue weighted by Crippen LogP contribution is -2.42. The summed E-state index contributed by atoms with van der Waals surface area (Å²) in [7, 11) is 0. The first kappa shape index (κ1) is 20.2. The minimum atomic E-state index is -0.302. The molecule has 1 unspecified atom stereocenters. The Kier molecular flexibility index (Phi) is 7.01. The van der Waals surface area contributed by atoms with Crippen LogP contribution >= 0.6 is 24.8 Å². The number of H-pyrrole nitrogens is 1. The van der Waals surface area contributed by atoms with Crippen molar-refractivity contribution < 1.29 is 9.53 Å². The molecule has 1 atom stereocenters. The molecule has 1 aromatic carbocycles. The number of morpholine rings is 1. The van der Waals surface area contributed by atoms with Crippen LogP contribution in [0.4, 0.5) is 5.69 Å². The number of aromatic amines is 1. The van der Waals surface area contributed by atoms with Gasteiger partial charge in [0.15, 0.2) is 5.82 Å². The molecule has 1 fully saturated rings. The van der Waals surface area contributed by atoms with Crippen molar-refractivity contribution in [3.05, 3.63) is 41.0 Å². The first-order valence-corrected chi connectivity index (χ1v) is 7.20. The summed E-state index contributed by atoms with van der Waals surface area (Å²) >= 11 is 0. The van der Waals surface area contributed by atoms with Crippen LogP contribution < -0.4 is 5.73 Å². The van der Waals surface area contributed by atoms with Crippen LogP contribution in [0, 0.1) is 13.8 Å². The molecule has 3 rings (SSSR count). The maximum absolute atomic E-state index is 12.7. The number of nitrogens with two attached hydrogens (primary N) is 1. The number of nitrogens with one attached hydrogen (secondary N) is 1. The molecule has 0 aliphatic carbocycles. The minimum Gasteiger partial charge on any atom is -0.399 e. The molecule has 24 heavy (non-hydrogen) atoms. The van der Waals surface area contributed by atoms with Gasteiger partial charge in [-0.2, -0.15) is 5.10 Å². The number of nitrogen functional groups attached to an aromatic ring is 1. The molecule has 1 amide bonds. The van der Waals surface area contributed by atoms with Crippen LogP contribution in [0.15, 0.2) is 18.2 Å². The van der Waals surface area contributed by atoms with E-state index in [-0.39, 0.29) is 36.8 Å². The monoisotopic (exact) mass is 373 g/mol. The number of rotatable bonds is 2. The number of anilines is 1. The van der Waals surface area contributed by atoms with Gasteiger partial charge in [0.25, 0.3) is 5.91 Å². The van der Waals surface area contributed by atoms with Crippen LogP contribution in [0.1, 0.15) is 33.7 Å². The zero-order valence-electron chi connectivity index (χ0n) is 13.5. The van der Waals surface area contributed by atoms with Gasteiger partial charge in [0.2, 0.25) is 0 Å². The Labute approximate surface area is 152 Å². The highest BCUT2D eigenvalue weighted by Gasteiger charge is 2.29. The predicted molar refractivity (Wildman–Crippen MR) is 95.8 cm³/mol. The molecule has 0 saturated carbocycles. The van der Waals surface area contributed by atoms with Crippen molar-refractivity contribution in [1.29, 1.82) is 0 Å². The van der Waals surface area contributed by atoms with E-state index in [1.54, 1.807) is 17.0 Å². The number of benzene rings is 1. The summed E-state index contributed by atoms with van der Waals surface area (Å²) in [6.45, 7) is 5.18. The molecule has 1 saturated heterocycles. The molecule has 1 aliphatic heterocycles. The van der Waals surface area contributed by atoms with E-state index in [9.17, 15) is 4.79 Å². The highest BCUT2D eigenvalue weighted by molar-refractivity contribution is 5.96. The van der Waals surface area contributed by atoms with E-state index < -0.39 is 0 Å². The number of amides is 1. The maximum atomic E-state index is 12.7. The predicted octanol–water partition coefficient (Wildman–Crippen LogP) is 2.06.